The average molecular weight is 272 g/mol. The molecule has 0 heterocycles. The van der Waals surface area contributed by atoms with E-state index in [-0.39, 0.29) is 11.8 Å². The predicted molar refractivity (Wildman–Crippen MR) is 71.5 cm³/mol. The number of benzene rings is 1. The van der Waals surface area contributed by atoms with Crippen molar-refractivity contribution < 1.29 is 14.3 Å². The van der Waals surface area contributed by atoms with Gasteiger partial charge in [0.15, 0.2) is 11.5 Å². The van der Waals surface area contributed by atoms with Crippen LogP contribution >= 0.6 is 11.6 Å². The Morgan fingerprint density at radius 2 is 1.83 bits per heavy atom. The lowest BCUT2D eigenvalue weighted by Gasteiger charge is -2.19. The first-order valence-electron chi connectivity index (χ1n) is 5.54. The highest BCUT2D eigenvalue weighted by Gasteiger charge is 2.12. The number of halogens is 1. The van der Waals surface area contributed by atoms with E-state index < -0.39 is 0 Å². The summed E-state index contributed by atoms with van der Waals surface area (Å²) in [5.41, 5.74) is 2.05. The first kappa shape index (κ1) is 14.6. The molecule has 1 aromatic rings. The SMILES string of the molecule is COc1cc(C)c(CN(C)C(=O)CCl)cc1OC. The van der Waals surface area contributed by atoms with Gasteiger partial charge in [0, 0.05) is 13.6 Å². The molecule has 0 radical (unpaired) electrons. The average Bonchev–Trinajstić information content (AvgIpc) is 2.39. The molecule has 0 saturated carbocycles. The summed E-state index contributed by atoms with van der Waals surface area (Å²) < 4.78 is 10.5. The van der Waals surface area contributed by atoms with Crippen LogP contribution in [0.5, 0.6) is 11.5 Å². The molecule has 18 heavy (non-hydrogen) atoms. The van der Waals surface area contributed by atoms with Crippen LogP contribution in [0.4, 0.5) is 0 Å². The van der Waals surface area contributed by atoms with Crippen LogP contribution in [0.15, 0.2) is 12.1 Å². The van der Waals surface area contributed by atoms with Crippen LogP contribution in [0.1, 0.15) is 11.1 Å². The Labute approximate surface area is 112 Å². The number of aryl methyl sites for hydroxylation is 1. The van der Waals surface area contributed by atoms with Crippen LogP contribution in [-0.4, -0.2) is 38.0 Å². The van der Waals surface area contributed by atoms with Gasteiger partial charge in [-0.15, -0.1) is 11.6 Å². The Hall–Kier alpha value is -1.42. The van der Waals surface area contributed by atoms with Gasteiger partial charge in [0.25, 0.3) is 0 Å². The van der Waals surface area contributed by atoms with Crippen molar-refractivity contribution in [3.63, 3.8) is 0 Å². The quantitative estimate of drug-likeness (QED) is 0.771. The van der Waals surface area contributed by atoms with Crippen LogP contribution in [-0.2, 0) is 11.3 Å². The second kappa shape index (κ2) is 6.50. The summed E-state index contributed by atoms with van der Waals surface area (Å²) in [5, 5.41) is 0. The van der Waals surface area contributed by atoms with E-state index in [0.29, 0.717) is 18.0 Å². The maximum atomic E-state index is 11.4. The van der Waals surface area contributed by atoms with E-state index in [4.69, 9.17) is 21.1 Å². The topological polar surface area (TPSA) is 38.8 Å². The van der Waals surface area contributed by atoms with Crippen molar-refractivity contribution in [2.45, 2.75) is 13.5 Å². The van der Waals surface area contributed by atoms with E-state index in [9.17, 15) is 4.79 Å². The van der Waals surface area contributed by atoms with Gasteiger partial charge in [-0.3, -0.25) is 4.79 Å². The monoisotopic (exact) mass is 271 g/mol. The largest absolute Gasteiger partial charge is 0.493 e. The van der Waals surface area contributed by atoms with E-state index in [1.807, 2.05) is 19.1 Å². The molecule has 0 unspecified atom stereocenters. The number of amides is 1. The molecule has 0 N–H and O–H groups in total. The van der Waals surface area contributed by atoms with Crippen molar-refractivity contribution in [3.8, 4) is 11.5 Å². The van der Waals surface area contributed by atoms with Gasteiger partial charge in [-0.2, -0.15) is 0 Å². The Kier molecular flexibility index (Phi) is 5.28. The van der Waals surface area contributed by atoms with E-state index in [2.05, 4.69) is 0 Å². The van der Waals surface area contributed by atoms with Gasteiger partial charge in [0.05, 0.1) is 14.2 Å². The minimum Gasteiger partial charge on any atom is -0.493 e. The number of carbonyl (C=O) groups excluding carboxylic acids is 1. The second-order valence-electron chi connectivity index (χ2n) is 4.02. The third-order valence-electron chi connectivity index (χ3n) is 2.79. The zero-order chi connectivity index (χ0) is 13.7. The third kappa shape index (κ3) is 3.29. The lowest BCUT2D eigenvalue weighted by molar-refractivity contribution is -0.127. The fraction of sp³-hybridized carbons (Fsp3) is 0.462. The van der Waals surface area contributed by atoms with E-state index in [0.717, 1.165) is 11.1 Å². The summed E-state index contributed by atoms with van der Waals surface area (Å²) >= 11 is 5.52. The maximum Gasteiger partial charge on any atom is 0.237 e. The minimum atomic E-state index is -0.106. The van der Waals surface area contributed by atoms with Crippen molar-refractivity contribution >= 4 is 17.5 Å². The number of nitrogens with zero attached hydrogens (tertiary/aromatic N) is 1. The predicted octanol–water partition coefficient (Wildman–Crippen LogP) is 2.21. The zero-order valence-corrected chi connectivity index (χ0v) is 11.9. The molecule has 1 rings (SSSR count). The molecule has 0 spiro atoms. The minimum absolute atomic E-state index is 0.0111. The van der Waals surface area contributed by atoms with Crippen LogP contribution in [0, 0.1) is 6.92 Å². The third-order valence-corrected chi connectivity index (χ3v) is 3.02. The summed E-state index contributed by atoms with van der Waals surface area (Å²) in [5.74, 6) is 1.23. The number of methoxy groups -OCH3 is 2. The van der Waals surface area contributed by atoms with Crippen molar-refractivity contribution in [2.24, 2.45) is 0 Å². The lowest BCUT2D eigenvalue weighted by Crippen LogP contribution is -2.27. The van der Waals surface area contributed by atoms with E-state index in [1.165, 1.54) is 0 Å². The molecule has 100 valence electrons. The Morgan fingerprint density at radius 3 is 2.33 bits per heavy atom. The van der Waals surface area contributed by atoms with Gasteiger partial charge in [-0.05, 0) is 30.2 Å². The van der Waals surface area contributed by atoms with Gasteiger partial charge >= 0.3 is 0 Å². The highest BCUT2D eigenvalue weighted by molar-refractivity contribution is 6.27. The van der Waals surface area contributed by atoms with E-state index in [1.54, 1.807) is 26.2 Å². The Bertz CT molecular complexity index is 434. The molecule has 0 fully saturated rings. The molecule has 0 aliphatic rings. The van der Waals surface area contributed by atoms with Crippen LogP contribution in [0.3, 0.4) is 0 Å². The molecule has 0 aliphatic heterocycles. The number of alkyl halides is 1. The van der Waals surface area contributed by atoms with E-state index >= 15 is 0 Å². The number of ether oxygens (including phenoxy) is 2. The second-order valence-corrected chi connectivity index (χ2v) is 4.28. The summed E-state index contributed by atoms with van der Waals surface area (Å²) in [7, 11) is 4.91. The van der Waals surface area contributed by atoms with Crippen molar-refractivity contribution in [2.75, 3.05) is 27.1 Å². The van der Waals surface area contributed by atoms with Gasteiger partial charge in [0.1, 0.15) is 5.88 Å². The molecule has 0 saturated heterocycles. The standard InChI is InChI=1S/C13H18ClNO3/c1-9-5-11(17-3)12(18-4)6-10(9)8-15(2)13(16)7-14/h5-6H,7-8H2,1-4H3. The van der Waals surface area contributed by atoms with Gasteiger partial charge in [-0.1, -0.05) is 0 Å². The Balaban J connectivity index is 2.99. The molecule has 0 bridgehead atoms. The molecular formula is C13H18ClNO3. The fourth-order valence-electron chi connectivity index (χ4n) is 1.64. The van der Waals surface area contributed by atoms with Gasteiger partial charge in [-0.25, -0.2) is 0 Å². The molecule has 0 atom stereocenters. The summed E-state index contributed by atoms with van der Waals surface area (Å²) in [6, 6.07) is 3.78. The van der Waals surface area contributed by atoms with Crippen molar-refractivity contribution in [1.82, 2.24) is 4.90 Å². The number of carbonyl (C=O) groups is 1. The molecule has 0 aromatic heterocycles. The molecule has 4 nitrogen and oxygen atoms in total. The highest BCUT2D eigenvalue weighted by atomic mass is 35.5. The van der Waals surface area contributed by atoms with Crippen LogP contribution in [0.2, 0.25) is 0 Å². The van der Waals surface area contributed by atoms with Crippen LogP contribution in [0.25, 0.3) is 0 Å². The van der Waals surface area contributed by atoms with Crippen molar-refractivity contribution in [1.29, 1.82) is 0 Å². The molecule has 0 aliphatic carbocycles. The smallest absolute Gasteiger partial charge is 0.237 e. The van der Waals surface area contributed by atoms with Gasteiger partial charge < -0.3 is 14.4 Å². The molecular weight excluding hydrogens is 254 g/mol. The zero-order valence-electron chi connectivity index (χ0n) is 11.1. The Morgan fingerprint density at radius 1 is 1.28 bits per heavy atom. The summed E-state index contributed by atoms with van der Waals surface area (Å²) in [6.07, 6.45) is 0. The number of hydrogen-bond acceptors (Lipinski definition) is 3. The summed E-state index contributed by atoms with van der Waals surface area (Å²) in [6.45, 7) is 2.47. The fourth-order valence-corrected chi connectivity index (χ4v) is 1.84. The number of rotatable bonds is 5. The molecule has 1 aromatic carbocycles. The lowest BCUT2D eigenvalue weighted by atomic mass is 10.1. The first-order chi connectivity index (χ1) is 8.53. The molecule has 5 heteroatoms. The normalized spacial score (nSPS) is 10.1. The first-order valence-corrected chi connectivity index (χ1v) is 6.08. The van der Waals surface area contributed by atoms with Crippen molar-refractivity contribution in [3.05, 3.63) is 23.3 Å². The number of hydrogen-bond donors (Lipinski definition) is 0. The highest BCUT2D eigenvalue weighted by Crippen LogP contribution is 2.30. The maximum absolute atomic E-state index is 11.4. The summed E-state index contributed by atoms with van der Waals surface area (Å²) in [4.78, 5) is 13.0. The van der Waals surface area contributed by atoms with Gasteiger partial charge in [0.2, 0.25) is 5.91 Å². The van der Waals surface area contributed by atoms with Crippen LogP contribution < -0.4 is 9.47 Å². The molecule has 1 amide bonds.